The van der Waals surface area contributed by atoms with Crippen molar-refractivity contribution < 1.29 is 4.39 Å². The van der Waals surface area contributed by atoms with E-state index < -0.39 is 17.2 Å². The molecule has 1 heterocycles. The third-order valence-corrected chi connectivity index (χ3v) is 2.17. The van der Waals surface area contributed by atoms with Gasteiger partial charge >= 0.3 is 11.4 Å². The molecule has 0 radical (unpaired) electrons. The second-order valence-electron chi connectivity index (χ2n) is 3.19. The lowest BCUT2D eigenvalue weighted by Gasteiger charge is -2.03. The highest BCUT2D eigenvalue weighted by Crippen LogP contribution is 2.11. The van der Waals surface area contributed by atoms with Crippen LogP contribution in [0.3, 0.4) is 0 Å². The van der Waals surface area contributed by atoms with Gasteiger partial charge in [-0.1, -0.05) is 6.07 Å². The summed E-state index contributed by atoms with van der Waals surface area (Å²) in [6.07, 6.45) is 0. The predicted octanol–water partition coefficient (Wildman–Crippen LogP) is -0.548. The lowest BCUT2D eigenvalue weighted by molar-refractivity contribution is 0.612. The number of hydrogen-bond donors (Lipinski definition) is 3. The van der Waals surface area contributed by atoms with Crippen LogP contribution in [0.25, 0.3) is 5.69 Å². The molecule has 0 atom stereocenters. The number of halogens is 1. The summed E-state index contributed by atoms with van der Waals surface area (Å²) in [7, 11) is 0. The number of aromatic nitrogens is 3. The molecular formula is C9H9FN4O2. The minimum Gasteiger partial charge on any atom is -0.326 e. The van der Waals surface area contributed by atoms with Gasteiger partial charge in [0.1, 0.15) is 5.82 Å². The normalized spacial score (nSPS) is 10.6. The molecule has 0 unspecified atom stereocenters. The summed E-state index contributed by atoms with van der Waals surface area (Å²) in [6.45, 7) is 0.190. The van der Waals surface area contributed by atoms with Gasteiger partial charge in [-0.25, -0.2) is 28.7 Å². The van der Waals surface area contributed by atoms with E-state index in [1.54, 1.807) is 6.07 Å². The number of benzene rings is 1. The van der Waals surface area contributed by atoms with Crippen LogP contribution < -0.4 is 17.1 Å². The first kappa shape index (κ1) is 10.4. The zero-order chi connectivity index (χ0) is 11.7. The Labute approximate surface area is 88.5 Å². The van der Waals surface area contributed by atoms with E-state index in [4.69, 9.17) is 5.73 Å². The standard InChI is InChI=1S/C9H9FN4O2/c10-6-3-5(4-11)1-2-7(6)14-8(15)12-13-9(14)16/h1-3H,4,11H2,(H,12,15)(H,13,16). The van der Waals surface area contributed by atoms with Crippen LogP contribution in [-0.2, 0) is 6.54 Å². The average molecular weight is 224 g/mol. The summed E-state index contributed by atoms with van der Waals surface area (Å²) in [5.74, 6) is -0.671. The van der Waals surface area contributed by atoms with Gasteiger partial charge in [0, 0.05) is 6.54 Å². The minimum atomic E-state index is -0.718. The quantitative estimate of drug-likeness (QED) is 0.638. The molecule has 0 saturated heterocycles. The summed E-state index contributed by atoms with van der Waals surface area (Å²) < 4.78 is 14.3. The number of rotatable bonds is 2. The maximum absolute atomic E-state index is 13.6. The average Bonchev–Trinajstić information content (AvgIpc) is 2.59. The Bertz CT molecular complexity index is 597. The van der Waals surface area contributed by atoms with E-state index in [0.717, 1.165) is 0 Å². The molecule has 4 N–H and O–H groups in total. The maximum atomic E-state index is 13.6. The van der Waals surface area contributed by atoms with Gasteiger partial charge in [0.15, 0.2) is 0 Å². The molecule has 6 nitrogen and oxygen atoms in total. The molecule has 0 bridgehead atoms. The largest absolute Gasteiger partial charge is 0.349 e. The van der Waals surface area contributed by atoms with Crippen LogP contribution in [0, 0.1) is 5.82 Å². The Balaban J connectivity index is 2.66. The van der Waals surface area contributed by atoms with E-state index in [2.05, 4.69) is 10.2 Å². The van der Waals surface area contributed by atoms with Gasteiger partial charge in [0.2, 0.25) is 0 Å². The van der Waals surface area contributed by atoms with Gasteiger partial charge in [-0.2, -0.15) is 0 Å². The van der Waals surface area contributed by atoms with Crippen LogP contribution in [0.4, 0.5) is 4.39 Å². The van der Waals surface area contributed by atoms with Crippen LogP contribution in [0.15, 0.2) is 27.8 Å². The molecule has 0 amide bonds. The van der Waals surface area contributed by atoms with Crippen molar-refractivity contribution in [1.82, 2.24) is 14.8 Å². The first-order chi connectivity index (χ1) is 7.63. The monoisotopic (exact) mass is 224 g/mol. The van der Waals surface area contributed by atoms with Crippen molar-refractivity contribution in [3.8, 4) is 5.69 Å². The zero-order valence-corrected chi connectivity index (χ0v) is 8.16. The summed E-state index contributed by atoms with van der Waals surface area (Å²) >= 11 is 0. The van der Waals surface area contributed by atoms with Crippen LogP contribution in [0.5, 0.6) is 0 Å². The fourth-order valence-corrected chi connectivity index (χ4v) is 1.39. The van der Waals surface area contributed by atoms with Crippen molar-refractivity contribution >= 4 is 0 Å². The first-order valence-corrected chi connectivity index (χ1v) is 4.52. The van der Waals surface area contributed by atoms with Crippen molar-refractivity contribution in [1.29, 1.82) is 0 Å². The third kappa shape index (κ3) is 1.57. The molecule has 0 aliphatic rings. The Kier molecular flexibility index (Phi) is 2.45. The Morgan fingerprint density at radius 1 is 1.25 bits per heavy atom. The second-order valence-corrected chi connectivity index (χ2v) is 3.19. The highest BCUT2D eigenvalue weighted by molar-refractivity contribution is 5.36. The fraction of sp³-hybridized carbons (Fsp3) is 0.111. The summed E-state index contributed by atoms with van der Waals surface area (Å²) in [5, 5.41) is 4.14. The fourth-order valence-electron chi connectivity index (χ4n) is 1.39. The molecule has 0 aliphatic heterocycles. The summed E-state index contributed by atoms with van der Waals surface area (Å²) in [5.41, 5.74) is 4.38. The van der Waals surface area contributed by atoms with Gasteiger partial charge < -0.3 is 5.73 Å². The number of hydrogen-bond acceptors (Lipinski definition) is 3. The summed E-state index contributed by atoms with van der Waals surface area (Å²) in [4.78, 5) is 22.5. The third-order valence-electron chi connectivity index (χ3n) is 2.17. The van der Waals surface area contributed by atoms with Crippen molar-refractivity contribution in [3.05, 3.63) is 50.5 Å². The highest BCUT2D eigenvalue weighted by atomic mass is 19.1. The lowest BCUT2D eigenvalue weighted by atomic mass is 10.2. The van der Waals surface area contributed by atoms with Gasteiger partial charge in [-0.05, 0) is 17.7 Å². The number of nitrogens with zero attached hydrogens (tertiary/aromatic N) is 1. The number of H-pyrrole nitrogens is 2. The topological polar surface area (TPSA) is 96.7 Å². The van der Waals surface area contributed by atoms with Gasteiger partial charge in [-0.3, -0.25) is 0 Å². The van der Waals surface area contributed by atoms with E-state index in [-0.39, 0.29) is 12.2 Å². The van der Waals surface area contributed by atoms with E-state index >= 15 is 0 Å². The number of nitrogens with two attached hydrogens (primary N) is 1. The van der Waals surface area contributed by atoms with E-state index in [1.807, 2.05) is 0 Å². The molecule has 0 aliphatic carbocycles. The Hall–Kier alpha value is -2.15. The molecule has 2 aromatic rings. The number of nitrogens with one attached hydrogen (secondary N) is 2. The molecule has 0 spiro atoms. The SMILES string of the molecule is NCc1ccc(-n2c(=O)[nH][nH]c2=O)c(F)c1. The smallest absolute Gasteiger partial charge is 0.326 e. The first-order valence-electron chi connectivity index (χ1n) is 4.52. The van der Waals surface area contributed by atoms with Gasteiger partial charge in [0.25, 0.3) is 0 Å². The van der Waals surface area contributed by atoms with Gasteiger partial charge in [0.05, 0.1) is 5.69 Å². The van der Waals surface area contributed by atoms with Crippen LogP contribution in [0.1, 0.15) is 5.56 Å². The van der Waals surface area contributed by atoms with Crippen LogP contribution >= 0.6 is 0 Å². The second kappa shape index (κ2) is 3.78. The maximum Gasteiger partial charge on any atom is 0.349 e. The minimum absolute atomic E-state index is 0.107. The Morgan fingerprint density at radius 3 is 2.38 bits per heavy atom. The summed E-state index contributed by atoms with van der Waals surface area (Å²) in [6, 6.07) is 4.08. The van der Waals surface area contributed by atoms with Crippen molar-refractivity contribution in [2.75, 3.05) is 0 Å². The zero-order valence-electron chi connectivity index (χ0n) is 8.16. The highest BCUT2D eigenvalue weighted by Gasteiger charge is 2.11. The number of aromatic amines is 2. The Morgan fingerprint density at radius 2 is 1.88 bits per heavy atom. The molecule has 0 saturated carbocycles. The molecule has 1 aromatic carbocycles. The van der Waals surface area contributed by atoms with E-state index in [1.165, 1.54) is 12.1 Å². The lowest BCUT2D eigenvalue weighted by Crippen LogP contribution is -2.25. The van der Waals surface area contributed by atoms with E-state index in [0.29, 0.717) is 10.1 Å². The molecule has 84 valence electrons. The van der Waals surface area contributed by atoms with E-state index in [9.17, 15) is 14.0 Å². The van der Waals surface area contributed by atoms with Crippen molar-refractivity contribution in [2.24, 2.45) is 5.73 Å². The molecule has 0 fully saturated rings. The molecular weight excluding hydrogens is 215 g/mol. The molecule has 2 rings (SSSR count). The van der Waals surface area contributed by atoms with Crippen LogP contribution in [-0.4, -0.2) is 14.8 Å². The molecule has 7 heteroatoms. The predicted molar refractivity (Wildman–Crippen MR) is 54.9 cm³/mol. The van der Waals surface area contributed by atoms with Crippen molar-refractivity contribution in [3.63, 3.8) is 0 Å². The van der Waals surface area contributed by atoms with Crippen molar-refractivity contribution in [2.45, 2.75) is 6.54 Å². The van der Waals surface area contributed by atoms with Gasteiger partial charge in [-0.15, -0.1) is 0 Å². The van der Waals surface area contributed by atoms with Crippen LogP contribution in [0.2, 0.25) is 0 Å². The molecule has 16 heavy (non-hydrogen) atoms. The molecule has 1 aromatic heterocycles.